The number of hydrogen-bond acceptors (Lipinski definition) is 6. The zero-order valence-electron chi connectivity index (χ0n) is 18.7. The number of nitro groups is 1. The van der Waals surface area contributed by atoms with Crippen molar-refractivity contribution in [1.82, 2.24) is 5.32 Å². The standard InChI is InChI=1S/C25H18F3N3O5/c1-35-20-7-4-17(5-8-20)15-30-24(32)18(14-29)12-16-2-9-21(10-3-16)36-23-11-6-19(25(26,27)28)13-22(23)31(33)34/h2-13H,15H2,1H3,(H,30,32)/b18-12-. The summed E-state index contributed by atoms with van der Waals surface area (Å²) >= 11 is 0. The van der Waals surface area contributed by atoms with Crippen molar-refractivity contribution in [3.8, 4) is 23.3 Å². The van der Waals surface area contributed by atoms with Crippen molar-refractivity contribution in [2.45, 2.75) is 12.7 Å². The maximum atomic E-state index is 12.9. The van der Waals surface area contributed by atoms with Crippen molar-refractivity contribution in [3.63, 3.8) is 0 Å². The highest BCUT2D eigenvalue weighted by molar-refractivity contribution is 6.01. The number of nitro benzene ring substituents is 1. The molecule has 0 bridgehead atoms. The van der Waals surface area contributed by atoms with Gasteiger partial charge in [-0.15, -0.1) is 0 Å². The van der Waals surface area contributed by atoms with Crippen LogP contribution in [-0.4, -0.2) is 17.9 Å². The van der Waals surface area contributed by atoms with E-state index < -0.39 is 28.3 Å². The summed E-state index contributed by atoms with van der Waals surface area (Å²) in [5.41, 5.74) is -0.901. The predicted octanol–water partition coefficient (Wildman–Crippen LogP) is 5.64. The molecular weight excluding hydrogens is 479 g/mol. The molecule has 3 rings (SSSR count). The zero-order valence-corrected chi connectivity index (χ0v) is 18.7. The number of ether oxygens (including phenoxy) is 2. The molecule has 8 nitrogen and oxygen atoms in total. The number of nitrogens with one attached hydrogen (secondary N) is 1. The van der Waals surface area contributed by atoms with Crippen LogP contribution in [0.3, 0.4) is 0 Å². The summed E-state index contributed by atoms with van der Waals surface area (Å²) in [4.78, 5) is 22.6. The van der Waals surface area contributed by atoms with Gasteiger partial charge >= 0.3 is 11.9 Å². The third kappa shape index (κ3) is 6.60. The maximum Gasteiger partial charge on any atom is 0.416 e. The zero-order chi connectivity index (χ0) is 26.3. The molecule has 3 aromatic carbocycles. The van der Waals surface area contributed by atoms with Crippen molar-refractivity contribution in [2.24, 2.45) is 0 Å². The molecule has 36 heavy (non-hydrogen) atoms. The Balaban J connectivity index is 1.70. The maximum absolute atomic E-state index is 12.9. The van der Waals surface area contributed by atoms with Crippen LogP contribution in [0, 0.1) is 21.4 Å². The van der Waals surface area contributed by atoms with Gasteiger partial charge in [-0.25, -0.2) is 0 Å². The van der Waals surface area contributed by atoms with Gasteiger partial charge in [0.15, 0.2) is 0 Å². The SMILES string of the molecule is COc1ccc(CNC(=O)/C(C#N)=C\c2ccc(Oc3ccc(C(F)(F)F)cc3[N+](=O)[O-])cc2)cc1. The van der Waals surface area contributed by atoms with E-state index in [4.69, 9.17) is 9.47 Å². The Kier molecular flexibility index (Phi) is 7.91. The van der Waals surface area contributed by atoms with Crippen LogP contribution in [0.25, 0.3) is 6.08 Å². The molecule has 3 aromatic rings. The van der Waals surface area contributed by atoms with Gasteiger partial charge in [0.2, 0.25) is 5.75 Å². The summed E-state index contributed by atoms with van der Waals surface area (Å²) in [6.45, 7) is 0.195. The number of rotatable bonds is 8. The number of nitrogens with zero attached hydrogens (tertiary/aromatic N) is 2. The number of amides is 1. The van der Waals surface area contributed by atoms with Crippen LogP contribution in [0.4, 0.5) is 18.9 Å². The van der Waals surface area contributed by atoms with Gasteiger partial charge < -0.3 is 14.8 Å². The van der Waals surface area contributed by atoms with Crippen molar-refractivity contribution in [3.05, 3.63) is 99.1 Å². The number of methoxy groups -OCH3 is 1. The molecule has 11 heteroatoms. The second kappa shape index (κ2) is 11.1. The van der Waals surface area contributed by atoms with Gasteiger partial charge in [-0.1, -0.05) is 24.3 Å². The lowest BCUT2D eigenvalue weighted by Gasteiger charge is -2.10. The van der Waals surface area contributed by atoms with Crippen molar-refractivity contribution in [1.29, 1.82) is 5.26 Å². The van der Waals surface area contributed by atoms with E-state index in [1.165, 1.54) is 37.5 Å². The molecule has 0 radical (unpaired) electrons. The summed E-state index contributed by atoms with van der Waals surface area (Å²) in [6, 6.07) is 16.6. The van der Waals surface area contributed by atoms with Crippen LogP contribution in [0.1, 0.15) is 16.7 Å². The molecule has 1 amide bonds. The Labute approximate surface area is 203 Å². The first-order valence-electron chi connectivity index (χ1n) is 10.3. The van der Waals surface area contributed by atoms with Crippen LogP contribution in [0.2, 0.25) is 0 Å². The fraction of sp³-hybridized carbons (Fsp3) is 0.120. The third-order valence-electron chi connectivity index (χ3n) is 4.88. The number of carbonyl (C=O) groups is 1. The summed E-state index contributed by atoms with van der Waals surface area (Å²) < 4.78 is 49.1. The lowest BCUT2D eigenvalue weighted by atomic mass is 10.1. The highest BCUT2D eigenvalue weighted by Crippen LogP contribution is 2.37. The van der Waals surface area contributed by atoms with Gasteiger partial charge in [0.25, 0.3) is 5.91 Å². The van der Waals surface area contributed by atoms with Gasteiger partial charge in [0.05, 0.1) is 17.6 Å². The Bertz CT molecular complexity index is 1330. The topological polar surface area (TPSA) is 114 Å². The number of alkyl halides is 3. The molecule has 0 fully saturated rings. The quantitative estimate of drug-likeness (QED) is 0.187. The van der Waals surface area contributed by atoms with Crippen molar-refractivity contribution >= 4 is 17.7 Å². The first-order chi connectivity index (χ1) is 17.1. The van der Waals surface area contributed by atoms with E-state index in [9.17, 15) is 33.3 Å². The fourth-order valence-electron chi connectivity index (χ4n) is 3.02. The third-order valence-corrected chi connectivity index (χ3v) is 4.88. The molecule has 1 N–H and O–H groups in total. The molecule has 0 aromatic heterocycles. The van der Waals surface area contributed by atoms with Crippen LogP contribution >= 0.6 is 0 Å². The minimum atomic E-state index is -4.74. The number of nitriles is 1. The molecule has 0 atom stereocenters. The Hall–Kier alpha value is -4.85. The lowest BCUT2D eigenvalue weighted by molar-refractivity contribution is -0.385. The Morgan fingerprint density at radius 3 is 2.28 bits per heavy atom. The first kappa shape index (κ1) is 25.8. The molecule has 0 aliphatic heterocycles. The average molecular weight is 497 g/mol. The Morgan fingerprint density at radius 1 is 1.08 bits per heavy atom. The van der Waals surface area contributed by atoms with Gasteiger partial charge in [-0.05, 0) is 53.6 Å². The lowest BCUT2D eigenvalue weighted by Crippen LogP contribution is -2.23. The number of benzene rings is 3. The van der Waals surface area contributed by atoms with Gasteiger partial charge in [-0.3, -0.25) is 14.9 Å². The van der Waals surface area contributed by atoms with Crippen LogP contribution in [0.5, 0.6) is 17.2 Å². The largest absolute Gasteiger partial charge is 0.497 e. The Morgan fingerprint density at radius 2 is 1.72 bits per heavy atom. The second-order valence-corrected chi connectivity index (χ2v) is 7.31. The molecule has 0 heterocycles. The van der Waals surface area contributed by atoms with E-state index in [2.05, 4.69) is 5.32 Å². The van der Waals surface area contributed by atoms with Gasteiger partial charge in [0.1, 0.15) is 23.1 Å². The van der Waals surface area contributed by atoms with Crippen molar-refractivity contribution < 1.29 is 32.4 Å². The van der Waals surface area contributed by atoms with Crippen LogP contribution in [0.15, 0.2) is 72.3 Å². The van der Waals surface area contributed by atoms with Crippen LogP contribution < -0.4 is 14.8 Å². The second-order valence-electron chi connectivity index (χ2n) is 7.31. The fourth-order valence-corrected chi connectivity index (χ4v) is 3.02. The summed E-state index contributed by atoms with van der Waals surface area (Å²) in [6.07, 6.45) is -3.40. The van der Waals surface area contributed by atoms with Crippen molar-refractivity contribution in [2.75, 3.05) is 7.11 Å². The van der Waals surface area contributed by atoms with E-state index in [0.29, 0.717) is 23.4 Å². The average Bonchev–Trinajstić information content (AvgIpc) is 2.86. The summed E-state index contributed by atoms with van der Waals surface area (Å²) in [7, 11) is 1.54. The summed E-state index contributed by atoms with van der Waals surface area (Å²) in [5, 5.41) is 23.2. The molecule has 0 saturated carbocycles. The van der Waals surface area contributed by atoms with Gasteiger partial charge in [0, 0.05) is 12.6 Å². The summed E-state index contributed by atoms with van der Waals surface area (Å²) in [5.74, 6) is -0.179. The van der Waals surface area contributed by atoms with Gasteiger partial charge in [-0.2, -0.15) is 18.4 Å². The van der Waals surface area contributed by atoms with E-state index in [1.54, 1.807) is 24.3 Å². The molecule has 0 aliphatic carbocycles. The van der Waals surface area contributed by atoms with E-state index in [1.807, 2.05) is 6.07 Å². The highest BCUT2D eigenvalue weighted by Gasteiger charge is 2.33. The minimum absolute atomic E-state index is 0.109. The minimum Gasteiger partial charge on any atom is -0.497 e. The van der Waals surface area contributed by atoms with E-state index in [-0.39, 0.29) is 23.6 Å². The number of halogens is 3. The number of hydrogen-bond donors (Lipinski definition) is 1. The molecule has 0 saturated heterocycles. The van der Waals surface area contributed by atoms with Crippen LogP contribution in [-0.2, 0) is 17.5 Å². The molecule has 0 spiro atoms. The molecule has 0 unspecified atom stereocenters. The number of carbonyl (C=O) groups excluding carboxylic acids is 1. The van der Waals surface area contributed by atoms with E-state index in [0.717, 1.165) is 11.6 Å². The smallest absolute Gasteiger partial charge is 0.416 e. The normalized spacial score (nSPS) is 11.4. The molecule has 0 aliphatic rings. The predicted molar refractivity (Wildman–Crippen MR) is 123 cm³/mol. The van der Waals surface area contributed by atoms with E-state index >= 15 is 0 Å². The molecular formula is C25H18F3N3O5. The monoisotopic (exact) mass is 497 g/mol. The highest BCUT2D eigenvalue weighted by atomic mass is 19.4. The first-order valence-corrected chi connectivity index (χ1v) is 10.3. The molecule has 184 valence electrons.